The molecule has 2 fully saturated rings. The smallest absolute Gasteiger partial charge is 0.318 e. The van der Waals surface area contributed by atoms with Crippen LogP contribution in [0.1, 0.15) is 36.4 Å². The molecule has 1 aromatic rings. The second-order valence-corrected chi connectivity index (χ2v) is 6.68. The Morgan fingerprint density at radius 3 is 2.64 bits per heavy atom. The number of rotatable bonds is 7. The predicted octanol–water partition coefficient (Wildman–Crippen LogP) is 2.19. The highest BCUT2D eigenvalue weighted by atomic mass is 35.5. The summed E-state index contributed by atoms with van der Waals surface area (Å²) in [5.41, 5.74) is 2.12. The molecule has 2 aliphatic heterocycles. The Balaban J connectivity index is 0.00000225. The minimum Gasteiger partial charge on any atom is -0.481 e. The van der Waals surface area contributed by atoms with E-state index in [0.29, 0.717) is 18.9 Å². The highest BCUT2D eigenvalue weighted by molar-refractivity contribution is 5.85. The van der Waals surface area contributed by atoms with E-state index >= 15 is 0 Å². The third kappa shape index (κ3) is 5.09. The van der Waals surface area contributed by atoms with Gasteiger partial charge in [-0.1, -0.05) is 24.3 Å². The van der Waals surface area contributed by atoms with Gasteiger partial charge in [-0.2, -0.15) is 0 Å². The molecule has 3 rings (SSSR count). The number of hydrogen-bond acceptors (Lipinski definition) is 3. The van der Waals surface area contributed by atoms with Crippen LogP contribution in [0.4, 0.5) is 4.79 Å². The van der Waals surface area contributed by atoms with E-state index in [4.69, 9.17) is 5.11 Å². The Labute approximate surface area is 154 Å². The Bertz CT molecular complexity index is 588. The fourth-order valence-corrected chi connectivity index (χ4v) is 3.53. The van der Waals surface area contributed by atoms with Crippen LogP contribution in [0.15, 0.2) is 24.3 Å². The maximum atomic E-state index is 12.1. The van der Waals surface area contributed by atoms with Gasteiger partial charge in [-0.05, 0) is 49.4 Å². The van der Waals surface area contributed by atoms with E-state index in [2.05, 4.69) is 10.6 Å². The van der Waals surface area contributed by atoms with Crippen molar-refractivity contribution in [3.63, 3.8) is 0 Å². The van der Waals surface area contributed by atoms with Gasteiger partial charge in [0.05, 0.1) is 6.04 Å². The molecule has 7 heteroatoms. The minimum atomic E-state index is -0.780. The van der Waals surface area contributed by atoms with Crippen molar-refractivity contribution in [2.45, 2.75) is 31.7 Å². The van der Waals surface area contributed by atoms with Crippen LogP contribution in [-0.2, 0) is 11.2 Å². The third-order valence-electron chi connectivity index (χ3n) is 5.02. The largest absolute Gasteiger partial charge is 0.481 e. The topological polar surface area (TPSA) is 81.7 Å². The first kappa shape index (κ1) is 19.5. The molecule has 0 radical (unpaired) electrons. The van der Waals surface area contributed by atoms with Crippen molar-refractivity contribution < 1.29 is 14.7 Å². The third-order valence-corrected chi connectivity index (χ3v) is 5.02. The molecule has 6 nitrogen and oxygen atoms in total. The number of amides is 2. The summed E-state index contributed by atoms with van der Waals surface area (Å²) in [4.78, 5) is 24.7. The minimum absolute atomic E-state index is 0. The number of carboxylic acid groups (broad SMARTS) is 1. The summed E-state index contributed by atoms with van der Waals surface area (Å²) in [6, 6.07) is 8.07. The number of carbonyl (C=O) groups excluding carboxylic acids is 1. The normalized spacial score (nSPS) is 22.6. The van der Waals surface area contributed by atoms with Crippen molar-refractivity contribution in [3.8, 4) is 0 Å². The SMILES string of the molecule is Cl.O=C(O)CCc1ccc(C2CNC(=O)N2CCC2CCNC2)cc1. The quantitative estimate of drug-likeness (QED) is 0.690. The number of nitrogens with zero attached hydrogens (tertiary/aromatic N) is 1. The van der Waals surface area contributed by atoms with Crippen LogP contribution in [0.2, 0.25) is 0 Å². The maximum Gasteiger partial charge on any atom is 0.318 e. The van der Waals surface area contributed by atoms with Gasteiger partial charge in [-0.15, -0.1) is 12.4 Å². The highest BCUT2D eigenvalue weighted by Crippen LogP contribution is 2.26. The molecule has 2 saturated heterocycles. The Morgan fingerprint density at radius 2 is 2.00 bits per heavy atom. The van der Waals surface area contributed by atoms with Gasteiger partial charge in [0.25, 0.3) is 0 Å². The van der Waals surface area contributed by atoms with Crippen molar-refractivity contribution in [1.82, 2.24) is 15.5 Å². The second kappa shape index (κ2) is 9.06. The molecule has 2 heterocycles. The van der Waals surface area contributed by atoms with Crippen molar-refractivity contribution >= 4 is 24.4 Å². The number of benzene rings is 1. The summed E-state index contributed by atoms with van der Waals surface area (Å²) >= 11 is 0. The number of nitrogens with one attached hydrogen (secondary N) is 2. The number of halogens is 1. The molecule has 0 saturated carbocycles. The van der Waals surface area contributed by atoms with E-state index in [9.17, 15) is 9.59 Å². The first-order valence-corrected chi connectivity index (χ1v) is 8.69. The lowest BCUT2D eigenvalue weighted by Gasteiger charge is -2.24. The van der Waals surface area contributed by atoms with Crippen molar-refractivity contribution in [2.24, 2.45) is 5.92 Å². The summed E-state index contributed by atoms with van der Waals surface area (Å²) in [5.74, 6) is -0.116. The number of carboxylic acids is 1. The second-order valence-electron chi connectivity index (χ2n) is 6.68. The molecule has 2 unspecified atom stereocenters. The van der Waals surface area contributed by atoms with Crippen LogP contribution in [0.3, 0.4) is 0 Å². The summed E-state index contributed by atoms with van der Waals surface area (Å²) in [6.45, 7) is 3.55. The average Bonchev–Trinajstić information content (AvgIpc) is 3.21. The summed E-state index contributed by atoms with van der Waals surface area (Å²) in [5, 5.41) is 15.1. The molecule has 1 aromatic carbocycles. The molecule has 0 bridgehead atoms. The monoisotopic (exact) mass is 367 g/mol. The average molecular weight is 368 g/mol. The molecule has 3 N–H and O–H groups in total. The number of carbonyl (C=O) groups is 2. The zero-order chi connectivity index (χ0) is 16.9. The van der Waals surface area contributed by atoms with Crippen molar-refractivity contribution in [1.29, 1.82) is 0 Å². The molecule has 138 valence electrons. The number of aliphatic carboxylic acids is 1. The van der Waals surface area contributed by atoms with Crippen LogP contribution in [0.25, 0.3) is 0 Å². The van der Waals surface area contributed by atoms with Crippen LogP contribution in [0, 0.1) is 5.92 Å². The lowest BCUT2D eigenvalue weighted by atomic mass is 10.0. The summed E-state index contributed by atoms with van der Waals surface area (Å²) < 4.78 is 0. The Hall–Kier alpha value is -1.79. The lowest BCUT2D eigenvalue weighted by molar-refractivity contribution is -0.136. The Kier molecular flexibility index (Phi) is 7.08. The van der Waals surface area contributed by atoms with Gasteiger partial charge < -0.3 is 20.6 Å². The fraction of sp³-hybridized carbons (Fsp3) is 0.556. The molecule has 2 amide bonds. The van der Waals surface area contributed by atoms with Gasteiger partial charge in [-0.25, -0.2) is 4.79 Å². The van der Waals surface area contributed by atoms with Gasteiger partial charge in [0, 0.05) is 19.5 Å². The van der Waals surface area contributed by atoms with E-state index in [1.807, 2.05) is 29.2 Å². The van der Waals surface area contributed by atoms with Crippen LogP contribution in [0.5, 0.6) is 0 Å². The first-order chi connectivity index (χ1) is 11.6. The molecule has 0 aromatic heterocycles. The van der Waals surface area contributed by atoms with E-state index in [1.54, 1.807) is 0 Å². The number of urea groups is 1. The molecule has 25 heavy (non-hydrogen) atoms. The van der Waals surface area contributed by atoms with Crippen LogP contribution in [-0.4, -0.2) is 48.2 Å². The molecular weight excluding hydrogens is 342 g/mol. The fourth-order valence-electron chi connectivity index (χ4n) is 3.53. The van der Waals surface area contributed by atoms with Crippen LogP contribution >= 0.6 is 12.4 Å². The zero-order valence-electron chi connectivity index (χ0n) is 14.2. The standard InChI is InChI=1S/C18H25N3O3.ClH/c22-17(23)6-3-13-1-4-15(5-2-13)16-12-20-18(24)21(16)10-8-14-7-9-19-11-14;/h1-2,4-5,14,16,19H,3,6-12H2,(H,20,24)(H,22,23);1H. The highest BCUT2D eigenvalue weighted by Gasteiger charge is 2.32. The van der Waals surface area contributed by atoms with E-state index in [-0.39, 0.29) is 30.9 Å². The lowest BCUT2D eigenvalue weighted by Crippen LogP contribution is -2.32. The van der Waals surface area contributed by atoms with Crippen LogP contribution < -0.4 is 10.6 Å². The van der Waals surface area contributed by atoms with E-state index < -0.39 is 5.97 Å². The van der Waals surface area contributed by atoms with E-state index in [1.165, 1.54) is 6.42 Å². The number of aryl methyl sites for hydroxylation is 1. The molecule has 0 aliphatic carbocycles. The molecular formula is C18H26ClN3O3. The van der Waals surface area contributed by atoms with Gasteiger partial charge in [0.15, 0.2) is 0 Å². The summed E-state index contributed by atoms with van der Waals surface area (Å²) in [7, 11) is 0. The Morgan fingerprint density at radius 1 is 1.24 bits per heavy atom. The van der Waals surface area contributed by atoms with Gasteiger partial charge in [0.2, 0.25) is 0 Å². The first-order valence-electron chi connectivity index (χ1n) is 8.69. The zero-order valence-corrected chi connectivity index (χ0v) is 15.1. The van der Waals surface area contributed by atoms with Gasteiger partial charge in [0.1, 0.15) is 0 Å². The van der Waals surface area contributed by atoms with Crippen molar-refractivity contribution in [3.05, 3.63) is 35.4 Å². The predicted molar refractivity (Wildman–Crippen MR) is 98.1 cm³/mol. The van der Waals surface area contributed by atoms with Crippen molar-refractivity contribution in [2.75, 3.05) is 26.2 Å². The van der Waals surface area contributed by atoms with E-state index in [0.717, 1.165) is 37.2 Å². The molecule has 2 atom stereocenters. The molecule has 0 spiro atoms. The van der Waals surface area contributed by atoms with Gasteiger partial charge in [-0.3, -0.25) is 4.79 Å². The summed E-state index contributed by atoms with van der Waals surface area (Å²) in [6.07, 6.45) is 2.91. The van der Waals surface area contributed by atoms with Gasteiger partial charge >= 0.3 is 12.0 Å². The maximum absolute atomic E-state index is 12.1. The molecule has 2 aliphatic rings. The number of hydrogen-bond donors (Lipinski definition) is 3.